The Kier molecular flexibility index (Phi) is 3.43. The highest BCUT2D eigenvalue weighted by Gasteiger charge is 2.32. The molecule has 0 N–H and O–H groups in total. The standard InChI is InChI=1S/C14H16N2O/c1-11-5-2-3-6-13(11)14(17)16(10-4-9-15)12-7-8-12/h2-3,5-6,12H,4,7-8,10H2,1H3. The second-order valence-electron chi connectivity index (χ2n) is 4.45. The summed E-state index contributed by atoms with van der Waals surface area (Å²) in [6, 6.07) is 10.1. The van der Waals surface area contributed by atoms with Gasteiger partial charge < -0.3 is 4.90 Å². The quantitative estimate of drug-likeness (QED) is 0.794. The fourth-order valence-corrected chi connectivity index (χ4v) is 1.97. The largest absolute Gasteiger partial charge is 0.335 e. The van der Waals surface area contributed by atoms with E-state index in [1.54, 1.807) is 0 Å². The summed E-state index contributed by atoms with van der Waals surface area (Å²) < 4.78 is 0. The van der Waals surface area contributed by atoms with Gasteiger partial charge in [0.25, 0.3) is 5.91 Å². The van der Waals surface area contributed by atoms with Gasteiger partial charge in [-0.15, -0.1) is 0 Å². The van der Waals surface area contributed by atoms with E-state index in [-0.39, 0.29) is 5.91 Å². The van der Waals surface area contributed by atoms with Gasteiger partial charge in [0.2, 0.25) is 0 Å². The third-order valence-corrected chi connectivity index (χ3v) is 3.09. The van der Waals surface area contributed by atoms with Crippen LogP contribution in [0.25, 0.3) is 0 Å². The molecule has 1 aromatic rings. The Morgan fingerprint density at radius 3 is 2.76 bits per heavy atom. The van der Waals surface area contributed by atoms with Gasteiger partial charge in [-0.05, 0) is 31.4 Å². The first-order valence-corrected chi connectivity index (χ1v) is 5.97. The third kappa shape index (κ3) is 2.65. The predicted molar refractivity (Wildman–Crippen MR) is 65.5 cm³/mol. The summed E-state index contributed by atoms with van der Waals surface area (Å²) in [6.07, 6.45) is 2.56. The van der Waals surface area contributed by atoms with Crippen molar-refractivity contribution in [1.29, 1.82) is 5.26 Å². The summed E-state index contributed by atoms with van der Waals surface area (Å²) >= 11 is 0. The van der Waals surface area contributed by atoms with E-state index in [0.29, 0.717) is 19.0 Å². The van der Waals surface area contributed by atoms with Gasteiger partial charge in [0.15, 0.2) is 0 Å². The average Bonchev–Trinajstić information content (AvgIpc) is 3.14. The number of benzene rings is 1. The molecular formula is C14H16N2O. The number of amides is 1. The highest BCUT2D eigenvalue weighted by Crippen LogP contribution is 2.28. The van der Waals surface area contributed by atoms with Gasteiger partial charge in [0.1, 0.15) is 0 Å². The first-order chi connectivity index (χ1) is 8.24. The summed E-state index contributed by atoms with van der Waals surface area (Å²) in [7, 11) is 0. The Bertz CT molecular complexity index is 458. The van der Waals surface area contributed by atoms with Crippen LogP contribution in [0, 0.1) is 18.3 Å². The van der Waals surface area contributed by atoms with Crippen LogP contribution in [0.1, 0.15) is 35.2 Å². The van der Waals surface area contributed by atoms with Gasteiger partial charge in [0.05, 0.1) is 12.5 Å². The molecule has 0 spiro atoms. The highest BCUT2D eigenvalue weighted by atomic mass is 16.2. The number of hydrogen-bond acceptors (Lipinski definition) is 2. The first-order valence-electron chi connectivity index (χ1n) is 5.97. The molecule has 1 amide bonds. The SMILES string of the molecule is Cc1ccccc1C(=O)N(CCC#N)C1CC1. The minimum Gasteiger partial charge on any atom is -0.335 e. The smallest absolute Gasteiger partial charge is 0.254 e. The molecule has 1 aromatic carbocycles. The molecule has 88 valence electrons. The molecule has 1 saturated carbocycles. The van der Waals surface area contributed by atoms with E-state index in [4.69, 9.17) is 5.26 Å². The molecule has 1 aliphatic carbocycles. The number of hydrogen-bond donors (Lipinski definition) is 0. The molecule has 17 heavy (non-hydrogen) atoms. The van der Waals surface area contributed by atoms with Crippen LogP contribution in [0.5, 0.6) is 0 Å². The Morgan fingerprint density at radius 1 is 1.47 bits per heavy atom. The number of aryl methyl sites for hydroxylation is 1. The zero-order chi connectivity index (χ0) is 12.3. The normalized spacial score (nSPS) is 14.1. The van der Waals surface area contributed by atoms with Crippen molar-refractivity contribution in [2.24, 2.45) is 0 Å². The maximum atomic E-state index is 12.4. The summed E-state index contributed by atoms with van der Waals surface area (Å²) in [6.45, 7) is 2.50. The Balaban J connectivity index is 2.16. The molecule has 3 heteroatoms. The molecule has 2 rings (SSSR count). The monoisotopic (exact) mass is 228 g/mol. The van der Waals surface area contributed by atoms with Crippen LogP contribution in [0.4, 0.5) is 0 Å². The molecule has 0 aromatic heterocycles. The maximum absolute atomic E-state index is 12.4. The van der Waals surface area contributed by atoms with Crippen molar-refractivity contribution in [3.05, 3.63) is 35.4 Å². The summed E-state index contributed by atoms with van der Waals surface area (Å²) in [4.78, 5) is 14.2. The zero-order valence-electron chi connectivity index (χ0n) is 10.0. The summed E-state index contributed by atoms with van der Waals surface area (Å²) in [5.74, 6) is 0.0702. The fraction of sp³-hybridized carbons (Fsp3) is 0.429. The lowest BCUT2D eigenvalue weighted by atomic mass is 10.1. The van der Waals surface area contributed by atoms with Crippen molar-refractivity contribution in [3.63, 3.8) is 0 Å². The summed E-state index contributed by atoms with van der Waals surface area (Å²) in [5.41, 5.74) is 1.76. The molecule has 0 heterocycles. The van der Waals surface area contributed by atoms with Gasteiger partial charge in [-0.3, -0.25) is 4.79 Å². The van der Waals surface area contributed by atoms with Gasteiger partial charge in [0, 0.05) is 18.2 Å². The van der Waals surface area contributed by atoms with Crippen molar-refractivity contribution >= 4 is 5.91 Å². The van der Waals surface area contributed by atoms with Gasteiger partial charge in [-0.2, -0.15) is 5.26 Å². The lowest BCUT2D eigenvalue weighted by molar-refractivity contribution is 0.0746. The Hall–Kier alpha value is -1.82. The lowest BCUT2D eigenvalue weighted by Crippen LogP contribution is -2.34. The van der Waals surface area contributed by atoms with Crippen LogP contribution < -0.4 is 0 Å². The van der Waals surface area contributed by atoms with Crippen LogP contribution in [0.15, 0.2) is 24.3 Å². The molecule has 0 bridgehead atoms. The van der Waals surface area contributed by atoms with Gasteiger partial charge >= 0.3 is 0 Å². The minimum absolute atomic E-state index is 0.0702. The van der Waals surface area contributed by atoms with E-state index in [1.807, 2.05) is 36.1 Å². The van der Waals surface area contributed by atoms with E-state index >= 15 is 0 Å². The topological polar surface area (TPSA) is 44.1 Å². The van der Waals surface area contributed by atoms with Crippen molar-refractivity contribution in [1.82, 2.24) is 4.90 Å². The van der Waals surface area contributed by atoms with Crippen LogP contribution in [0.3, 0.4) is 0 Å². The molecule has 3 nitrogen and oxygen atoms in total. The van der Waals surface area contributed by atoms with E-state index in [0.717, 1.165) is 24.0 Å². The van der Waals surface area contributed by atoms with Gasteiger partial charge in [-0.1, -0.05) is 18.2 Å². The van der Waals surface area contributed by atoms with Crippen LogP contribution >= 0.6 is 0 Å². The Morgan fingerprint density at radius 2 is 2.18 bits per heavy atom. The number of carbonyl (C=O) groups excluding carboxylic acids is 1. The highest BCUT2D eigenvalue weighted by molar-refractivity contribution is 5.96. The van der Waals surface area contributed by atoms with Crippen LogP contribution in [-0.2, 0) is 0 Å². The van der Waals surface area contributed by atoms with Crippen molar-refractivity contribution in [3.8, 4) is 6.07 Å². The molecule has 1 fully saturated rings. The third-order valence-electron chi connectivity index (χ3n) is 3.09. The molecule has 0 aliphatic heterocycles. The average molecular weight is 228 g/mol. The van der Waals surface area contributed by atoms with E-state index in [1.165, 1.54) is 0 Å². The predicted octanol–water partition coefficient (Wildman–Crippen LogP) is 2.51. The van der Waals surface area contributed by atoms with Crippen molar-refractivity contribution in [2.45, 2.75) is 32.2 Å². The summed E-state index contributed by atoms with van der Waals surface area (Å²) in [5, 5.41) is 8.64. The molecule has 0 saturated heterocycles. The first kappa shape index (κ1) is 11.7. The van der Waals surface area contributed by atoms with E-state index in [9.17, 15) is 4.79 Å². The van der Waals surface area contributed by atoms with Crippen molar-refractivity contribution < 1.29 is 4.79 Å². The minimum atomic E-state index is 0.0702. The molecule has 0 unspecified atom stereocenters. The number of rotatable bonds is 4. The number of carbonyl (C=O) groups is 1. The molecule has 0 radical (unpaired) electrons. The number of nitrogens with zero attached hydrogens (tertiary/aromatic N) is 2. The van der Waals surface area contributed by atoms with Gasteiger partial charge in [-0.25, -0.2) is 0 Å². The van der Waals surface area contributed by atoms with Crippen LogP contribution in [0.2, 0.25) is 0 Å². The molecular weight excluding hydrogens is 212 g/mol. The van der Waals surface area contributed by atoms with Crippen LogP contribution in [-0.4, -0.2) is 23.4 Å². The lowest BCUT2D eigenvalue weighted by Gasteiger charge is -2.22. The second kappa shape index (κ2) is 5.01. The second-order valence-corrected chi connectivity index (χ2v) is 4.45. The maximum Gasteiger partial charge on any atom is 0.254 e. The fourth-order valence-electron chi connectivity index (χ4n) is 1.97. The van der Waals surface area contributed by atoms with E-state index < -0.39 is 0 Å². The molecule has 0 atom stereocenters. The number of nitriles is 1. The Labute approximate surface area is 102 Å². The van der Waals surface area contributed by atoms with Crippen molar-refractivity contribution in [2.75, 3.05) is 6.54 Å². The zero-order valence-corrected chi connectivity index (χ0v) is 10.0. The molecule has 1 aliphatic rings. The van der Waals surface area contributed by atoms with E-state index in [2.05, 4.69) is 6.07 Å².